The molecule has 0 rings (SSSR count). The Morgan fingerprint density at radius 2 is 0.562 bits per heavy atom. The van der Waals surface area contributed by atoms with E-state index in [-0.39, 0.29) is 25.7 Å². The first-order chi connectivity index (χ1) is 46.2. The molecule has 0 saturated heterocycles. The van der Waals surface area contributed by atoms with E-state index in [2.05, 4.69) is 72.8 Å². The number of esters is 4. The second-order valence-corrected chi connectivity index (χ2v) is 31.4. The highest BCUT2D eigenvalue weighted by Crippen LogP contribution is 2.45. The van der Waals surface area contributed by atoms with E-state index >= 15 is 0 Å². The summed E-state index contributed by atoms with van der Waals surface area (Å²) >= 11 is 0. The van der Waals surface area contributed by atoms with Gasteiger partial charge in [0.15, 0.2) is 12.2 Å². The Bertz CT molecular complexity index is 1960. The summed E-state index contributed by atoms with van der Waals surface area (Å²) in [7, 11) is -9.92. The summed E-state index contributed by atoms with van der Waals surface area (Å²) in [4.78, 5) is 72.7. The lowest BCUT2D eigenvalue weighted by atomic mass is 10.0. The van der Waals surface area contributed by atoms with Gasteiger partial charge in [-0.25, -0.2) is 9.13 Å². The van der Waals surface area contributed by atoms with Crippen molar-refractivity contribution in [3.05, 3.63) is 24.3 Å². The fraction of sp³-hybridized carbons (Fsp3) is 0.896. The zero-order valence-electron chi connectivity index (χ0n) is 62.3. The van der Waals surface area contributed by atoms with Crippen LogP contribution < -0.4 is 0 Å². The minimum Gasteiger partial charge on any atom is -0.462 e. The molecular formula is C77H146O17P2. The van der Waals surface area contributed by atoms with E-state index < -0.39 is 97.5 Å². The summed E-state index contributed by atoms with van der Waals surface area (Å²) in [5.74, 6) is 0.0601. The average Bonchev–Trinajstić information content (AvgIpc) is 1.88. The zero-order valence-corrected chi connectivity index (χ0v) is 64.1. The maximum atomic E-state index is 13.1. The van der Waals surface area contributed by atoms with Crippen molar-refractivity contribution in [2.45, 2.75) is 388 Å². The molecule has 0 amide bonds. The Hall–Kier alpha value is -2.46. The molecule has 0 aliphatic heterocycles. The van der Waals surface area contributed by atoms with Crippen LogP contribution in [-0.4, -0.2) is 96.7 Å². The van der Waals surface area contributed by atoms with Crippen LogP contribution in [0.5, 0.6) is 0 Å². The zero-order chi connectivity index (χ0) is 70.9. The van der Waals surface area contributed by atoms with Crippen LogP contribution in [0.3, 0.4) is 0 Å². The molecule has 0 aromatic carbocycles. The smallest absolute Gasteiger partial charge is 0.462 e. The number of aliphatic hydroxyl groups excluding tert-OH is 1. The van der Waals surface area contributed by atoms with Crippen LogP contribution in [0.2, 0.25) is 0 Å². The Morgan fingerprint density at radius 3 is 0.844 bits per heavy atom. The monoisotopic (exact) mass is 1410 g/mol. The molecule has 0 heterocycles. The summed E-state index contributed by atoms with van der Waals surface area (Å²) in [5, 5.41) is 10.6. The van der Waals surface area contributed by atoms with Crippen LogP contribution in [0.4, 0.5) is 0 Å². The highest BCUT2D eigenvalue weighted by atomic mass is 31.2. The van der Waals surface area contributed by atoms with Gasteiger partial charge >= 0.3 is 39.5 Å². The number of phosphoric ester groups is 2. The van der Waals surface area contributed by atoms with Crippen molar-refractivity contribution < 1.29 is 80.2 Å². The van der Waals surface area contributed by atoms with E-state index in [0.29, 0.717) is 31.6 Å². The second-order valence-electron chi connectivity index (χ2n) is 28.5. The quantitative estimate of drug-likeness (QED) is 0.0169. The fourth-order valence-corrected chi connectivity index (χ4v) is 12.8. The fourth-order valence-electron chi connectivity index (χ4n) is 11.2. The number of carbonyl (C=O) groups excluding carboxylic acids is 4. The normalized spacial score (nSPS) is 14.2. The number of unbranched alkanes of at least 4 members (excludes halogenated alkanes) is 38. The van der Waals surface area contributed by atoms with Crippen LogP contribution in [0.1, 0.15) is 370 Å². The largest absolute Gasteiger partial charge is 0.472 e. The SMILES string of the molecule is CCCCCC/C=C\C=C/CCCCCCCC(=O)O[C@H](COC(=O)CCCCCCCCCCCCCCCCCCCCC(C)C)COP(=O)(O)OCC(O)COP(=O)(O)OC[C@@H](COC(=O)CCCCCCCCCCC(C)C)OC(=O)CCCCCCCCC(C)C. The number of allylic oxidation sites excluding steroid dienone is 4. The molecule has 0 bridgehead atoms. The number of phosphoric acid groups is 2. The van der Waals surface area contributed by atoms with Gasteiger partial charge in [0.25, 0.3) is 0 Å². The molecule has 3 unspecified atom stereocenters. The Kier molecular flexibility index (Phi) is 65.3. The molecule has 0 aromatic rings. The van der Waals surface area contributed by atoms with Crippen molar-refractivity contribution in [2.75, 3.05) is 39.6 Å². The van der Waals surface area contributed by atoms with Gasteiger partial charge in [-0.1, -0.05) is 317 Å². The number of rotatable bonds is 73. The second kappa shape index (κ2) is 67.1. The molecule has 0 aliphatic rings. The van der Waals surface area contributed by atoms with Crippen molar-refractivity contribution >= 4 is 39.5 Å². The summed E-state index contributed by atoms with van der Waals surface area (Å²) in [6, 6.07) is 0. The lowest BCUT2D eigenvalue weighted by Crippen LogP contribution is -2.30. The van der Waals surface area contributed by atoms with E-state index in [0.717, 1.165) is 115 Å². The topological polar surface area (TPSA) is 237 Å². The molecule has 17 nitrogen and oxygen atoms in total. The minimum absolute atomic E-state index is 0.0850. The summed E-state index contributed by atoms with van der Waals surface area (Å²) < 4.78 is 68.4. The molecule has 0 aliphatic carbocycles. The van der Waals surface area contributed by atoms with E-state index in [9.17, 15) is 43.2 Å². The van der Waals surface area contributed by atoms with Crippen LogP contribution in [0.15, 0.2) is 24.3 Å². The number of carbonyl (C=O) groups is 4. The molecule has 3 N–H and O–H groups in total. The Labute approximate surface area is 586 Å². The van der Waals surface area contributed by atoms with Gasteiger partial charge in [0.2, 0.25) is 0 Å². The first-order valence-electron chi connectivity index (χ1n) is 39.2. The van der Waals surface area contributed by atoms with Gasteiger partial charge in [0.05, 0.1) is 26.4 Å². The Morgan fingerprint density at radius 1 is 0.323 bits per heavy atom. The van der Waals surface area contributed by atoms with Gasteiger partial charge in [-0.3, -0.25) is 37.3 Å². The van der Waals surface area contributed by atoms with Crippen molar-refractivity contribution in [3.8, 4) is 0 Å². The molecule has 0 fully saturated rings. The predicted octanol–water partition coefficient (Wildman–Crippen LogP) is 22.1. The standard InChI is InChI=1S/C77H146O17P2/c1-8-9-10-11-12-13-14-15-20-25-28-31-38-46-53-60-76(81)93-72(64-87-74(79)58-51-44-36-30-27-24-22-19-17-16-18-21-23-26-29-34-41-48-55-68(2)3)66-91-95(83,84)89-62-71(78)63-90-96(85,86)92-67-73(94-77(82)61-54-47-40-39-43-50-57-70(6)7)65-88-75(80)59-52-45-37-33-32-35-42-49-56-69(4)5/h13-15,20,68-73,78H,8-12,16-19,21-67H2,1-7H3,(H,83,84)(H,85,86)/b14-13-,20-15-/t71?,72-,73-/m1/s1. The Balaban J connectivity index is 5.21. The minimum atomic E-state index is -4.97. The maximum Gasteiger partial charge on any atom is 0.472 e. The van der Waals surface area contributed by atoms with Gasteiger partial charge in [-0.15, -0.1) is 0 Å². The van der Waals surface area contributed by atoms with Crippen LogP contribution in [0.25, 0.3) is 0 Å². The molecule has 0 spiro atoms. The summed E-state index contributed by atoms with van der Waals surface area (Å²) in [5.41, 5.74) is 0. The maximum absolute atomic E-state index is 13.1. The number of hydrogen-bond acceptors (Lipinski definition) is 15. The first-order valence-corrected chi connectivity index (χ1v) is 42.2. The average molecular weight is 1410 g/mol. The van der Waals surface area contributed by atoms with Crippen LogP contribution in [0, 0.1) is 17.8 Å². The third kappa shape index (κ3) is 70.0. The van der Waals surface area contributed by atoms with Gasteiger partial charge in [0.1, 0.15) is 19.3 Å². The molecule has 0 radical (unpaired) electrons. The lowest BCUT2D eigenvalue weighted by Gasteiger charge is -2.21. The third-order valence-electron chi connectivity index (χ3n) is 17.3. The van der Waals surface area contributed by atoms with Crippen molar-refractivity contribution in [3.63, 3.8) is 0 Å². The van der Waals surface area contributed by atoms with Crippen molar-refractivity contribution in [1.82, 2.24) is 0 Å². The highest BCUT2D eigenvalue weighted by molar-refractivity contribution is 7.47. The van der Waals surface area contributed by atoms with Crippen LogP contribution in [-0.2, 0) is 65.4 Å². The van der Waals surface area contributed by atoms with Crippen molar-refractivity contribution in [1.29, 1.82) is 0 Å². The lowest BCUT2D eigenvalue weighted by molar-refractivity contribution is -0.161. The van der Waals surface area contributed by atoms with Gasteiger partial charge < -0.3 is 33.8 Å². The predicted molar refractivity (Wildman–Crippen MR) is 390 cm³/mol. The van der Waals surface area contributed by atoms with Gasteiger partial charge in [-0.2, -0.15) is 0 Å². The molecular weight excluding hydrogens is 1260 g/mol. The summed E-state index contributed by atoms with van der Waals surface area (Å²) in [6.07, 6.45) is 56.7. The molecule has 0 aromatic heterocycles. The van der Waals surface area contributed by atoms with E-state index in [1.165, 1.54) is 167 Å². The number of aliphatic hydroxyl groups is 1. The van der Waals surface area contributed by atoms with E-state index in [1.54, 1.807) is 0 Å². The van der Waals surface area contributed by atoms with E-state index in [4.69, 9.17) is 37.0 Å². The molecule has 566 valence electrons. The number of hydrogen-bond donors (Lipinski definition) is 3. The molecule has 96 heavy (non-hydrogen) atoms. The molecule has 0 saturated carbocycles. The summed E-state index contributed by atoms with van der Waals surface area (Å²) in [6.45, 7) is 11.7. The third-order valence-corrected chi connectivity index (χ3v) is 19.2. The first kappa shape index (κ1) is 93.5. The van der Waals surface area contributed by atoms with E-state index in [1.807, 2.05) is 0 Å². The molecule has 5 atom stereocenters. The highest BCUT2D eigenvalue weighted by Gasteiger charge is 2.30. The van der Waals surface area contributed by atoms with Gasteiger partial charge in [-0.05, 0) is 69.1 Å². The van der Waals surface area contributed by atoms with Crippen LogP contribution >= 0.6 is 15.6 Å². The van der Waals surface area contributed by atoms with Crippen molar-refractivity contribution in [2.24, 2.45) is 17.8 Å². The molecule has 19 heteroatoms. The van der Waals surface area contributed by atoms with Gasteiger partial charge in [0, 0.05) is 25.7 Å². The number of ether oxygens (including phenoxy) is 4.